The molecule has 1 aliphatic carbocycles. The minimum atomic E-state index is 0. The molecule has 4 rings (SSSR count). The van der Waals surface area contributed by atoms with Crippen LogP contribution >= 0.6 is 24.0 Å². The maximum absolute atomic E-state index is 12.1. The molecule has 1 saturated carbocycles. The number of rotatable bonds is 7. The lowest BCUT2D eigenvalue weighted by Crippen LogP contribution is -2.40. The average molecular weight is 549 g/mol. The fourth-order valence-corrected chi connectivity index (χ4v) is 4.22. The van der Waals surface area contributed by atoms with Gasteiger partial charge in [-0.25, -0.2) is 9.98 Å². The summed E-state index contributed by atoms with van der Waals surface area (Å²) in [5.41, 5.74) is 3.04. The molecular formula is C24H32IN5O2. The number of hydrogen-bond donors (Lipinski definition) is 3. The minimum absolute atomic E-state index is 0. The molecule has 2 aromatic rings. The molecule has 3 N–H and O–H groups in total. The van der Waals surface area contributed by atoms with Crippen molar-refractivity contribution in [2.24, 2.45) is 4.99 Å². The first-order valence-corrected chi connectivity index (χ1v) is 11.2. The number of aromatic nitrogens is 1. The van der Waals surface area contributed by atoms with E-state index < -0.39 is 0 Å². The maximum Gasteiger partial charge on any atom is 0.225 e. The van der Waals surface area contributed by atoms with E-state index in [0.29, 0.717) is 25.4 Å². The van der Waals surface area contributed by atoms with Gasteiger partial charge in [-0.2, -0.15) is 0 Å². The van der Waals surface area contributed by atoms with Gasteiger partial charge in [-0.1, -0.05) is 24.3 Å². The van der Waals surface area contributed by atoms with Gasteiger partial charge in [0.2, 0.25) is 11.8 Å². The fraction of sp³-hybridized carbons (Fsp3) is 0.458. The summed E-state index contributed by atoms with van der Waals surface area (Å²) in [6.07, 6.45) is 7.14. The van der Waals surface area contributed by atoms with E-state index >= 15 is 0 Å². The quantitative estimate of drug-likeness (QED) is 0.274. The number of nitrogens with zero attached hydrogens (tertiary/aromatic N) is 2. The number of hydrogen-bond acceptors (Lipinski definition) is 4. The van der Waals surface area contributed by atoms with Crippen LogP contribution in [-0.4, -0.2) is 36.0 Å². The van der Waals surface area contributed by atoms with Crippen LogP contribution < -0.4 is 20.7 Å². The van der Waals surface area contributed by atoms with Gasteiger partial charge in [0, 0.05) is 42.9 Å². The Morgan fingerprint density at radius 2 is 2.00 bits per heavy atom. The van der Waals surface area contributed by atoms with Crippen molar-refractivity contribution in [2.45, 2.75) is 57.6 Å². The van der Waals surface area contributed by atoms with Crippen molar-refractivity contribution >= 4 is 41.5 Å². The molecule has 0 radical (unpaired) electrons. The average Bonchev–Trinajstić information content (AvgIpc) is 3.29. The predicted molar refractivity (Wildman–Crippen MR) is 138 cm³/mol. The number of guanidine groups is 1. The number of anilines is 1. The molecule has 1 aromatic carbocycles. The molecule has 1 unspecified atom stereocenters. The van der Waals surface area contributed by atoms with Gasteiger partial charge in [0.15, 0.2) is 5.96 Å². The Morgan fingerprint density at radius 3 is 2.81 bits per heavy atom. The number of fused-ring (bicyclic) bond motifs is 1. The summed E-state index contributed by atoms with van der Waals surface area (Å²) >= 11 is 0. The first kappa shape index (κ1) is 24.3. The highest BCUT2D eigenvalue weighted by Gasteiger charge is 2.25. The molecule has 0 spiro atoms. The molecular weight excluding hydrogens is 517 g/mol. The Morgan fingerprint density at radius 1 is 1.19 bits per heavy atom. The number of nitrogens with one attached hydrogen (secondary N) is 3. The second kappa shape index (κ2) is 12.0. The topological polar surface area (TPSA) is 87.6 Å². The SMILES string of the molecule is CCNC(=NCc1cccnc1OC1CCCC1)NCC1CC(=O)Nc2ccccc21.I. The van der Waals surface area contributed by atoms with E-state index in [1.165, 1.54) is 12.8 Å². The Bertz CT molecular complexity index is 930. The highest BCUT2D eigenvalue weighted by Crippen LogP contribution is 2.31. The fourth-order valence-electron chi connectivity index (χ4n) is 4.22. The molecule has 1 amide bonds. The van der Waals surface area contributed by atoms with Crippen LogP contribution in [0.3, 0.4) is 0 Å². The molecule has 7 nitrogen and oxygen atoms in total. The van der Waals surface area contributed by atoms with Gasteiger partial charge in [-0.15, -0.1) is 24.0 Å². The van der Waals surface area contributed by atoms with Crippen molar-refractivity contribution in [2.75, 3.05) is 18.4 Å². The summed E-state index contributed by atoms with van der Waals surface area (Å²) in [5, 5.41) is 9.66. The minimum Gasteiger partial charge on any atom is -0.474 e. The van der Waals surface area contributed by atoms with Crippen molar-refractivity contribution in [3.05, 3.63) is 53.7 Å². The zero-order valence-electron chi connectivity index (χ0n) is 18.5. The summed E-state index contributed by atoms with van der Waals surface area (Å²) in [4.78, 5) is 21.3. The Labute approximate surface area is 206 Å². The van der Waals surface area contributed by atoms with Crippen LogP contribution in [-0.2, 0) is 11.3 Å². The summed E-state index contributed by atoms with van der Waals surface area (Å²) < 4.78 is 6.14. The number of amides is 1. The van der Waals surface area contributed by atoms with Crippen LogP contribution in [0.1, 0.15) is 56.1 Å². The number of ether oxygens (including phenoxy) is 1. The maximum atomic E-state index is 12.1. The van der Waals surface area contributed by atoms with E-state index in [1.54, 1.807) is 6.20 Å². The molecule has 8 heteroatoms. The van der Waals surface area contributed by atoms with Gasteiger partial charge in [-0.3, -0.25) is 4.79 Å². The first-order chi connectivity index (χ1) is 15.2. The zero-order chi connectivity index (χ0) is 21.5. The van der Waals surface area contributed by atoms with Gasteiger partial charge >= 0.3 is 0 Å². The summed E-state index contributed by atoms with van der Waals surface area (Å²) in [7, 11) is 0. The Hall–Kier alpha value is -2.36. The lowest BCUT2D eigenvalue weighted by atomic mass is 9.90. The van der Waals surface area contributed by atoms with Crippen molar-refractivity contribution in [1.29, 1.82) is 0 Å². The van der Waals surface area contributed by atoms with E-state index in [9.17, 15) is 4.79 Å². The first-order valence-electron chi connectivity index (χ1n) is 11.2. The number of carbonyl (C=O) groups is 1. The normalized spacial score (nSPS) is 18.3. The Balaban J connectivity index is 0.00000289. The van der Waals surface area contributed by atoms with Crippen LogP contribution in [0.4, 0.5) is 5.69 Å². The molecule has 2 aliphatic rings. The van der Waals surface area contributed by atoms with Crippen LogP contribution in [0.5, 0.6) is 5.88 Å². The van der Waals surface area contributed by atoms with Crippen LogP contribution in [0, 0.1) is 0 Å². The number of para-hydroxylation sites is 1. The van der Waals surface area contributed by atoms with Gasteiger partial charge in [0.05, 0.1) is 6.54 Å². The molecule has 172 valence electrons. The lowest BCUT2D eigenvalue weighted by molar-refractivity contribution is -0.116. The van der Waals surface area contributed by atoms with E-state index in [4.69, 9.17) is 9.73 Å². The van der Waals surface area contributed by atoms with Crippen LogP contribution in [0.2, 0.25) is 0 Å². The second-order valence-electron chi connectivity index (χ2n) is 8.10. The molecule has 1 atom stereocenters. The van der Waals surface area contributed by atoms with Crippen LogP contribution in [0.15, 0.2) is 47.6 Å². The molecule has 1 aliphatic heterocycles. The molecule has 1 aromatic heterocycles. The number of pyridine rings is 1. The largest absolute Gasteiger partial charge is 0.474 e. The Kier molecular flexibility index (Phi) is 9.13. The van der Waals surface area contributed by atoms with Crippen molar-refractivity contribution in [3.8, 4) is 5.88 Å². The highest BCUT2D eigenvalue weighted by atomic mass is 127. The zero-order valence-corrected chi connectivity index (χ0v) is 20.8. The van der Waals surface area contributed by atoms with E-state index in [2.05, 4.69) is 27.0 Å². The second-order valence-corrected chi connectivity index (χ2v) is 8.10. The molecule has 32 heavy (non-hydrogen) atoms. The third-order valence-electron chi connectivity index (χ3n) is 5.80. The van der Waals surface area contributed by atoms with E-state index in [-0.39, 0.29) is 41.9 Å². The molecule has 2 heterocycles. The van der Waals surface area contributed by atoms with Crippen LogP contribution in [0.25, 0.3) is 0 Å². The summed E-state index contributed by atoms with van der Waals surface area (Å²) in [6.45, 7) is 3.91. The van der Waals surface area contributed by atoms with Crippen molar-refractivity contribution < 1.29 is 9.53 Å². The number of benzene rings is 1. The van der Waals surface area contributed by atoms with Gasteiger partial charge in [-0.05, 0) is 50.3 Å². The van der Waals surface area contributed by atoms with Crippen molar-refractivity contribution in [1.82, 2.24) is 15.6 Å². The summed E-state index contributed by atoms with van der Waals surface area (Å²) in [5.74, 6) is 1.57. The van der Waals surface area contributed by atoms with E-state index in [1.807, 2.05) is 37.3 Å². The summed E-state index contributed by atoms with van der Waals surface area (Å²) in [6, 6.07) is 11.9. The smallest absolute Gasteiger partial charge is 0.225 e. The van der Waals surface area contributed by atoms with Gasteiger partial charge < -0.3 is 20.7 Å². The number of carbonyl (C=O) groups excluding carboxylic acids is 1. The highest BCUT2D eigenvalue weighted by molar-refractivity contribution is 14.0. The molecule has 1 fully saturated rings. The van der Waals surface area contributed by atoms with Gasteiger partial charge in [0.25, 0.3) is 0 Å². The van der Waals surface area contributed by atoms with Crippen molar-refractivity contribution in [3.63, 3.8) is 0 Å². The third-order valence-corrected chi connectivity index (χ3v) is 5.80. The molecule has 0 bridgehead atoms. The monoisotopic (exact) mass is 549 g/mol. The van der Waals surface area contributed by atoms with E-state index in [0.717, 1.165) is 42.2 Å². The number of aliphatic imine (C=N–C) groups is 1. The lowest BCUT2D eigenvalue weighted by Gasteiger charge is -2.26. The molecule has 0 saturated heterocycles. The van der Waals surface area contributed by atoms with Gasteiger partial charge in [0.1, 0.15) is 6.10 Å². The standard InChI is InChI=1S/C24H31N5O2.HI/c1-2-25-24(28-16-18-14-22(30)29-21-12-6-5-11-20(18)21)27-15-17-8-7-13-26-23(17)31-19-9-3-4-10-19;/h5-8,11-13,18-19H,2-4,9-10,14-16H2,1H3,(H,29,30)(H2,25,27,28);1H. The number of halogens is 1. The third kappa shape index (κ3) is 6.34. The predicted octanol–water partition coefficient (Wildman–Crippen LogP) is 4.20.